The van der Waals surface area contributed by atoms with Crippen molar-refractivity contribution in [2.75, 3.05) is 53.1 Å². The lowest BCUT2D eigenvalue weighted by atomic mass is 9.76. The van der Waals surface area contributed by atoms with Crippen molar-refractivity contribution in [3.63, 3.8) is 0 Å². The van der Waals surface area contributed by atoms with Gasteiger partial charge in [0.2, 0.25) is 5.91 Å². The van der Waals surface area contributed by atoms with E-state index in [0.717, 1.165) is 12.8 Å². The van der Waals surface area contributed by atoms with E-state index in [1.54, 1.807) is 33.1 Å². The summed E-state index contributed by atoms with van der Waals surface area (Å²) in [6.07, 6.45) is 1.94. The van der Waals surface area contributed by atoms with Gasteiger partial charge in [0.05, 0.1) is 19.8 Å². The number of morpholine rings is 1. The van der Waals surface area contributed by atoms with Crippen LogP contribution in [0.4, 0.5) is 0 Å². The smallest absolute Gasteiger partial charge is 0.254 e. The average molecular weight is 453 g/mol. The number of nitrogens with zero attached hydrogens (tertiary/aromatic N) is 2. The van der Waals surface area contributed by atoms with Gasteiger partial charge in [0.25, 0.3) is 5.91 Å². The molecule has 172 valence electrons. The van der Waals surface area contributed by atoms with Crippen molar-refractivity contribution in [3.8, 4) is 5.75 Å². The summed E-state index contributed by atoms with van der Waals surface area (Å²) in [5.74, 6) is 0.672. The number of rotatable bonds is 7. The Kier molecular flexibility index (Phi) is 7.83. The fraction of sp³-hybridized carbons (Fsp3) is 0.652. The summed E-state index contributed by atoms with van der Waals surface area (Å²) < 4.78 is 16.9. The molecule has 2 amide bonds. The number of halogens is 1. The monoisotopic (exact) mass is 452 g/mol. The zero-order valence-electron chi connectivity index (χ0n) is 18.7. The molecule has 0 saturated carbocycles. The predicted octanol–water partition coefficient (Wildman–Crippen LogP) is 3.00. The summed E-state index contributed by atoms with van der Waals surface area (Å²) in [7, 11) is 1.54. The van der Waals surface area contributed by atoms with Gasteiger partial charge in [-0.1, -0.05) is 17.7 Å². The zero-order valence-corrected chi connectivity index (χ0v) is 19.5. The van der Waals surface area contributed by atoms with Crippen LogP contribution in [-0.4, -0.2) is 80.3 Å². The molecule has 31 heavy (non-hydrogen) atoms. The Morgan fingerprint density at radius 1 is 1.19 bits per heavy atom. The van der Waals surface area contributed by atoms with Gasteiger partial charge >= 0.3 is 0 Å². The van der Waals surface area contributed by atoms with Crippen LogP contribution < -0.4 is 4.74 Å². The number of hydrogen-bond acceptors (Lipinski definition) is 5. The van der Waals surface area contributed by atoms with Crippen molar-refractivity contribution in [1.29, 1.82) is 0 Å². The molecule has 7 nitrogen and oxygen atoms in total. The van der Waals surface area contributed by atoms with E-state index in [-0.39, 0.29) is 11.8 Å². The summed E-state index contributed by atoms with van der Waals surface area (Å²) in [5, 5.41) is 0.596. The number of methoxy groups -OCH3 is 1. The minimum Gasteiger partial charge on any atom is -0.493 e. The molecule has 1 aromatic rings. The first-order valence-corrected chi connectivity index (χ1v) is 11.2. The van der Waals surface area contributed by atoms with Crippen molar-refractivity contribution in [2.24, 2.45) is 5.41 Å². The lowest BCUT2D eigenvalue weighted by Crippen LogP contribution is -2.55. The normalized spacial score (nSPS) is 22.3. The number of likely N-dealkylation sites (tertiary alicyclic amines) is 1. The third-order valence-electron chi connectivity index (χ3n) is 6.21. The van der Waals surface area contributed by atoms with Crippen LogP contribution in [0.1, 0.15) is 33.1 Å². The highest BCUT2D eigenvalue weighted by atomic mass is 35.5. The first-order chi connectivity index (χ1) is 14.7. The number of piperidine rings is 1. The molecule has 2 heterocycles. The van der Waals surface area contributed by atoms with Crippen LogP contribution in [0.2, 0.25) is 5.02 Å². The fourth-order valence-corrected chi connectivity index (χ4v) is 4.38. The molecule has 0 bridgehead atoms. The maximum absolute atomic E-state index is 13.1. The van der Waals surface area contributed by atoms with Crippen LogP contribution in [-0.2, 0) is 19.1 Å². The Hall–Kier alpha value is -1.83. The molecule has 8 heteroatoms. The summed E-state index contributed by atoms with van der Waals surface area (Å²) in [6.45, 7) is 7.30. The SMILES string of the molecule is COC(C)(C)C(=O)N1CCC[C@@](COc2cccc(Cl)c2)(CC(=O)N2CCOCC2)C1. The maximum Gasteiger partial charge on any atom is 0.254 e. The number of ether oxygens (including phenoxy) is 3. The van der Waals surface area contributed by atoms with Crippen LogP contribution in [0.25, 0.3) is 0 Å². The number of benzene rings is 1. The van der Waals surface area contributed by atoms with E-state index in [1.807, 2.05) is 21.9 Å². The molecule has 1 atom stereocenters. The van der Waals surface area contributed by atoms with Crippen molar-refractivity contribution in [1.82, 2.24) is 9.80 Å². The lowest BCUT2D eigenvalue weighted by Gasteiger charge is -2.45. The molecular formula is C23H33ClN2O5. The van der Waals surface area contributed by atoms with Gasteiger partial charge in [-0.05, 0) is 44.9 Å². The largest absolute Gasteiger partial charge is 0.493 e. The number of amides is 2. The second kappa shape index (κ2) is 10.2. The number of hydrogen-bond donors (Lipinski definition) is 0. The summed E-state index contributed by atoms with van der Waals surface area (Å²) in [4.78, 5) is 29.9. The minimum atomic E-state index is -0.912. The predicted molar refractivity (Wildman–Crippen MR) is 118 cm³/mol. The standard InChI is InChI=1S/C23H33ClN2O5/c1-22(2,29-3)21(28)26-9-5-8-23(16-26,15-20(27)25-10-12-30-13-11-25)17-31-19-7-4-6-18(24)14-19/h4,6-7,14H,5,8-13,15-17H2,1-3H3/t23-/m1/s1. The fourth-order valence-electron chi connectivity index (χ4n) is 4.20. The maximum atomic E-state index is 13.1. The molecular weight excluding hydrogens is 420 g/mol. The molecule has 1 aromatic carbocycles. The second-order valence-electron chi connectivity index (χ2n) is 8.96. The molecule has 2 saturated heterocycles. The van der Waals surface area contributed by atoms with E-state index in [2.05, 4.69) is 0 Å². The van der Waals surface area contributed by atoms with Gasteiger partial charge in [0, 0.05) is 50.1 Å². The van der Waals surface area contributed by atoms with Gasteiger partial charge in [-0.15, -0.1) is 0 Å². The van der Waals surface area contributed by atoms with E-state index in [0.29, 0.717) is 63.2 Å². The highest BCUT2D eigenvalue weighted by Crippen LogP contribution is 2.36. The molecule has 2 fully saturated rings. The molecule has 0 spiro atoms. The Morgan fingerprint density at radius 3 is 2.61 bits per heavy atom. The molecule has 0 aliphatic carbocycles. The third kappa shape index (κ3) is 6.11. The first kappa shape index (κ1) is 23.8. The summed E-state index contributed by atoms with van der Waals surface area (Å²) >= 11 is 6.10. The van der Waals surface area contributed by atoms with Gasteiger partial charge in [-0.3, -0.25) is 9.59 Å². The van der Waals surface area contributed by atoms with E-state index in [4.69, 9.17) is 25.8 Å². The molecule has 0 unspecified atom stereocenters. The highest BCUT2D eigenvalue weighted by Gasteiger charge is 2.43. The molecule has 0 N–H and O–H groups in total. The average Bonchev–Trinajstić information content (AvgIpc) is 2.78. The third-order valence-corrected chi connectivity index (χ3v) is 6.44. The van der Waals surface area contributed by atoms with Crippen molar-refractivity contribution in [2.45, 2.75) is 38.7 Å². The molecule has 0 radical (unpaired) electrons. The Balaban J connectivity index is 1.78. The first-order valence-electron chi connectivity index (χ1n) is 10.8. The Bertz CT molecular complexity index is 781. The molecule has 3 rings (SSSR count). The van der Waals surface area contributed by atoms with Crippen LogP contribution in [0.3, 0.4) is 0 Å². The summed E-state index contributed by atoms with van der Waals surface area (Å²) in [6, 6.07) is 7.24. The van der Waals surface area contributed by atoms with E-state index >= 15 is 0 Å². The molecule has 2 aliphatic heterocycles. The van der Waals surface area contributed by atoms with E-state index in [1.165, 1.54) is 0 Å². The van der Waals surface area contributed by atoms with E-state index in [9.17, 15) is 9.59 Å². The van der Waals surface area contributed by atoms with Crippen molar-refractivity contribution in [3.05, 3.63) is 29.3 Å². The Labute approximate surface area is 189 Å². The van der Waals surface area contributed by atoms with Gasteiger partial charge < -0.3 is 24.0 Å². The van der Waals surface area contributed by atoms with Crippen LogP contribution in [0, 0.1) is 5.41 Å². The van der Waals surface area contributed by atoms with E-state index < -0.39 is 11.0 Å². The molecule has 0 aromatic heterocycles. The van der Waals surface area contributed by atoms with Crippen molar-refractivity contribution >= 4 is 23.4 Å². The van der Waals surface area contributed by atoms with Crippen LogP contribution in [0.5, 0.6) is 5.75 Å². The second-order valence-corrected chi connectivity index (χ2v) is 9.40. The lowest BCUT2D eigenvalue weighted by molar-refractivity contribution is -0.157. The highest BCUT2D eigenvalue weighted by molar-refractivity contribution is 6.30. The molecule has 2 aliphatic rings. The van der Waals surface area contributed by atoms with Crippen LogP contribution >= 0.6 is 11.6 Å². The van der Waals surface area contributed by atoms with Gasteiger partial charge in [0.1, 0.15) is 11.4 Å². The quantitative estimate of drug-likeness (QED) is 0.636. The van der Waals surface area contributed by atoms with Crippen molar-refractivity contribution < 1.29 is 23.8 Å². The van der Waals surface area contributed by atoms with Gasteiger partial charge in [0.15, 0.2) is 0 Å². The Morgan fingerprint density at radius 2 is 1.94 bits per heavy atom. The van der Waals surface area contributed by atoms with Gasteiger partial charge in [-0.2, -0.15) is 0 Å². The van der Waals surface area contributed by atoms with Gasteiger partial charge in [-0.25, -0.2) is 0 Å². The topological polar surface area (TPSA) is 68.3 Å². The number of carbonyl (C=O) groups is 2. The van der Waals surface area contributed by atoms with Crippen LogP contribution in [0.15, 0.2) is 24.3 Å². The number of carbonyl (C=O) groups excluding carboxylic acids is 2. The minimum absolute atomic E-state index is 0.0688. The zero-order chi connectivity index (χ0) is 22.5. The summed E-state index contributed by atoms with van der Waals surface area (Å²) in [5.41, 5.74) is -1.39.